The van der Waals surface area contributed by atoms with Gasteiger partial charge in [-0.05, 0) is 48.5 Å². The fraction of sp³-hybridized carbons (Fsp3) is 0.185. The Hall–Kier alpha value is -4.31. The summed E-state index contributed by atoms with van der Waals surface area (Å²) in [5.41, 5.74) is 0.533. The molecule has 0 saturated carbocycles. The maximum absolute atomic E-state index is 13.6. The summed E-state index contributed by atoms with van der Waals surface area (Å²) in [6.07, 6.45) is 0.616. The molecule has 3 amide bonds. The third-order valence-corrected chi connectivity index (χ3v) is 7.65. The average Bonchev–Trinajstić information content (AvgIpc) is 2.93. The predicted octanol–water partition coefficient (Wildman–Crippen LogP) is 2.64. The molecule has 9 nitrogen and oxygen atoms in total. The summed E-state index contributed by atoms with van der Waals surface area (Å²) in [4.78, 5) is 50.8. The Morgan fingerprint density at radius 1 is 0.784 bits per heavy atom. The number of carbonyl (C=O) groups is 4. The second kappa shape index (κ2) is 11.2. The highest BCUT2D eigenvalue weighted by molar-refractivity contribution is 7.93. The zero-order valence-electron chi connectivity index (χ0n) is 19.9. The zero-order valence-corrected chi connectivity index (χ0v) is 20.7. The third-order valence-electron chi connectivity index (χ3n) is 5.92. The Morgan fingerprint density at radius 2 is 1.35 bits per heavy atom. The number of ketones is 1. The molecule has 37 heavy (non-hydrogen) atoms. The van der Waals surface area contributed by atoms with Gasteiger partial charge in [0.25, 0.3) is 21.8 Å². The van der Waals surface area contributed by atoms with E-state index >= 15 is 0 Å². The van der Waals surface area contributed by atoms with Gasteiger partial charge < -0.3 is 10.2 Å². The first-order chi connectivity index (χ1) is 17.8. The van der Waals surface area contributed by atoms with E-state index in [-0.39, 0.29) is 39.9 Å². The maximum Gasteiger partial charge on any atom is 0.272 e. The third kappa shape index (κ3) is 5.92. The van der Waals surface area contributed by atoms with E-state index in [1.54, 1.807) is 36.4 Å². The van der Waals surface area contributed by atoms with Crippen molar-refractivity contribution in [1.29, 1.82) is 0 Å². The van der Waals surface area contributed by atoms with Crippen LogP contribution in [-0.4, -0.2) is 56.5 Å². The number of rotatable bonds is 7. The van der Waals surface area contributed by atoms with E-state index in [1.165, 1.54) is 53.4 Å². The second-order valence-electron chi connectivity index (χ2n) is 8.40. The lowest BCUT2D eigenvalue weighted by Gasteiger charge is -2.26. The van der Waals surface area contributed by atoms with Gasteiger partial charge in [-0.1, -0.05) is 36.4 Å². The van der Waals surface area contributed by atoms with Crippen molar-refractivity contribution in [2.45, 2.75) is 17.7 Å². The summed E-state index contributed by atoms with van der Waals surface area (Å²) in [6, 6.07) is 21.2. The molecule has 3 aromatic carbocycles. The van der Waals surface area contributed by atoms with Crippen molar-refractivity contribution in [2.24, 2.45) is 0 Å². The highest BCUT2D eigenvalue weighted by atomic mass is 32.2. The molecule has 0 atom stereocenters. The fourth-order valence-corrected chi connectivity index (χ4v) is 5.30. The highest BCUT2D eigenvalue weighted by Gasteiger charge is 2.32. The fourth-order valence-electron chi connectivity index (χ4n) is 3.89. The molecule has 0 radical (unpaired) electrons. The Morgan fingerprint density at radius 3 is 1.95 bits per heavy atom. The molecular weight excluding hydrogens is 494 g/mol. The monoisotopic (exact) mass is 519 g/mol. The number of nitrogens with one attached hydrogen (secondary N) is 1. The lowest BCUT2D eigenvalue weighted by atomic mass is 10.1. The number of likely N-dealkylation sites (tertiary alicyclic amines) is 1. The van der Waals surface area contributed by atoms with Gasteiger partial charge in [0.05, 0.1) is 17.1 Å². The van der Waals surface area contributed by atoms with Crippen LogP contribution in [0.5, 0.6) is 0 Å². The van der Waals surface area contributed by atoms with E-state index in [9.17, 15) is 27.6 Å². The molecule has 1 heterocycles. The number of anilines is 1. The Balaban J connectivity index is 1.51. The molecule has 1 aliphatic heterocycles. The van der Waals surface area contributed by atoms with Crippen molar-refractivity contribution in [1.82, 2.24) is 10.2 Å². The van der Waals surface area contributed by atoms with E-state index in [0.717, 1.165) is 4.31 Å². The highest BCUT2D eigenvalue weighted by Crippen LogP contribution is 2.26. The topological polar surface area (TPSA) is 121 Å². The van der Waals surface area contributed by atoms with Crippen LogP contribution in [0.25, 0.3) is 0 Å². The van der Waals surface area contributed by atoms with Gasteiger partial charge in [-0.2, -0.15) is 4.31 Å². The molecule has 0 bridgehead atoms. The van der Waals surface area contributed by atoms with Crippen LogP contribution in [0.2, 0.25) is 0 Å². The molecule has 1 aliphatic rings. The quantitative estimate of drug-likeness (QED) is 0.512. The van der Waals surface area contributed by atoms with Crippen LogP contribution in [0.4, 0.5) is 5.69 Å². The summed E-state index contributed by atoms with van der Waals surface area (Å²) in [6.45, 7) is 0.430. The van der Waals surface area contributed by atoms with Crippen LogP contribution < -0.4 is 9.62 Å². The molecule has 3 aromatic rings. The van der Waals surface area contributed by atoms with Crippen LogP contribution in [0.3, 0.4) is 0 Å². The van der Waals surface area contributed by atoms with Crippen molar-refractivity contribution in [3.63, 3.8) is 0 Å². The molecule has 10 heteroatoms. The number of hydrogen-bond acceptors (Lipinski definition) is 6. The number of para-hydroxylation sites is 1. The molecular formula is C27H25N3O6S. The van der Waals surface area contributed by atoms with E-state index < -0.39 is 21.8 Å². The number of Topliss-reactive ketones (excluding diaryl/α,β-unsaturated/α-hetero) is 1. The normalized spacial score (nSPS) is 13.6. The first-order valence-corrected chi connectivity index (χ1v) is 13.1. The first-order valence-electron chi connectivity index (χ1n) is 11.6. The molecule has 0 unspecified atom stereocenters. The van der Waals surface area contributed by atoms with E-state index in [2.05, 4.69) is 5.32 Å². The van der Waals surface area contributed by atoms with Crippen molar-refractivity contribution in [2.75, 3.05) is 23.9 Å². The van der Waals surface area contributed by atoms with Gasteiger partial charge in [0.15, 0.2) is 0 Å². The Labute approximate surface area is 214 Å². The molecule has 1 fully saturated rings. The summed E-state index contributed by atoms with van der Waals surface area (Å²) in [7, 11) is -4.32. The second-order valence-corrected chi connectivity index (χ2v) is 10.2. The number of hydrogen-bond donors (Lipinski definition) is 1. The van der Waals surface area contributed by atoms with Crippen LogP contribution >= 0.6 is 0 Å². The van der Waals surface area contributed by atoms with Gasteiger partial charge in [-0.15, -0.1) is 0 Å². The molecule has 0 aromatic heterocycles. The summed E-state index contributed by atoms with van der Waals surface area (Å²) in [5.74, 6) is -1.45. The van der Waals surface area contributed by atoms with Gasteiger partial charge >= 0.3 is 0 Å². The number of amides is 3. The summed E-state index contributed by atoms with van der Waals surface area (Å²) < 4.78 is 27.9. The van der Waals surface area contributed by atoms with Gasteiger partial charge in [-0.3, -0.25) is 19.2 Å². The average molecular weight is 520 g/mol. The van der Waals surface area contributed by atoms with Crippen LogP contribution in [0, 0.1) is 0 Å². The zero-order chi connectivity index (χ0) is 26.4. The maximum atomic E-state index is 13.6. The first kappa shape index (κ1) is 25.8. The summed E-state index contributed by atoms with van der Waals surface area (Å²) >= 11 is 0. The molecule has 4 rings (SSSR count). The minimum atomic E-state index is -4.32. The van der Waals surface area contributed by atoms with Gasteiger partial charge in [0.2, 0.25) is 5.91 Å². The Bertz CT molecular complexity index is 1400. The molecule has 190 valence electrons. The van der Waals surface area contributed by atoms with E-state index in [0.29, 0.717) is 25.9 Å². The van der Waals surface area contributed by atoms with Crippen molar-refractivity contribution in [3.8, 4) is 0 Å². The van der Waals surface area contributed by atoms with Gasteiger partial charge in [-0.25, -0.2) is 8.42 Å². The minimum Gasteiger partial charge on any atom is -0.343 e. The molecule has 0 spiro atoms. The van der Waals surface area contributed by atoms with Crippen LogP contribution in [0.1, 0.15) is 33.6 Å². The van der Waals surface area contributed by atoms with Crippen molar-refractivity contribution >= 4 is 39.2 Å². The predicted molar refractivity (Wildman–Crippen MR) is 136 cm³/mol. The number of piperidine rings is 1. The molecule has 1 N–H and O–H groups in total. The Kier molecular flexibility index (Phi) is 7.78. The van der Waals surface area contributed by atoms with Crippen LogP contribution in [-0.2, 0) is 19.6 Å². The smallest absolute Gasteiger partial charge is 0.272 e. The minimum absolute atomic E-state index is 0.111. The number of nitrogens with zero attached hydrogens (tertiary/aromatic N) is 2. The molecule has 0 aliphatic carbocycles. The number of carbonyl (C=O) groups excluding carboxylic acids is 4. The van der Waals surface area contributed by atoms with Crippen LogP contribution in [0.15, 0.2) is 89.8 Å². The largest absolute Gasteiger partial charge is 0.343 e. The van der Waals surface area contributed by atoms with E-state index in [1.807, 2.05) is 0 Å². The number of benzene rings is 3. The lowest BCUT2D eigenvalue weighted by molar-refractivity contribution is -0.133. The summed E-state index contributed by atoms with van der Waals surface area (Å²) in [5, 5.41) is 2.52. The number of sulfonamides is 1. The van der Waals surface area contributed by atoms with Gasteiger partial charge in [0.1, 0.15) is 5.78 Å². The molecule has 1 saturated heterocycles. The standard InChI is InChI=1S/C27H25N3O6S/c31-23-15-17-29(18-16-23)25(32)19-28-26(33)20-11-13-24(14-12-20)37(35,36)30(22-9-5-2-6-10-22)27(34)21-7-3-1-4-8-21/h1-14H,15-19H2,(H,28,33). The van der Waals surface area contributed by atoms with Crippen molar-refractivity contribution in [3.05, 3.63) is 96.1 Å². The van der Waals surface area contributed by atoms with Crippen molar-refractivity contribution < 1.29 is 27.6 Å². The lowest BCUT2D eigenvalue weighted by Crippen LogP contribution is -2.44. The van der Waals surface area contributed by atoms with Gasteiger partial charge in [0, 0.05) is 37.1 Å². The van der Waals surface area contributed by atoms with E-state index in [4.69, 9.17) is 0 Å². The SMILES string of the molecule is O=C1CCN(C(=O)CNC(=O)c2ccc(S(=O)(=O)N(C(=O)c3ccccc3)c3ccccc3)cc2)CC1.